The van der Waals surface area contributed by atoms with Crippen molar-refractivity contribution in [1.82, 2.24) is 0 Å². The maximum Gasteiger partial charge on any atom is 0.243 e. The highest BCUT2D eigenvalue weighted by atomic mass is 16.1. The second-order valence-corrected chi connectivity index (χ2v) is 6.43. The zero-order valence-electron chi connectivity index (χ0n) is 12.8. The van der Waals surface area contributed by atoms with Crippen LogP contribution in [0.1, 0.15) is 45.1 Å². The van der Waals surface area contributed by atoms with Crippen LogP contribution in [-0.2, 0) is 4.79 Å². The van der Waals surface area contributed by atoms with E-state index in [1.54, 1.807) is 0 Å². The summed E-state index contributed by atoms with van der Waals surface area (Å²) in [5.74, 6) is 0.534. The van der Waals surface area contributed by atoms with Gasteiger partial charge >= 0.3 is 0 Å². The fourth-order valence-electron chi connectivity index (χ4n) is 3.61. The second kappa shape index (κ2) is 5.86. The molecule has 2 unspecified atom stereocenters. The molecule has 0 aromatic heterocycles. The summed E-state index contributed by atoms with van der Waals surface area (Å²) in [5, 5.41) is 3.49. The summed E-state index contributed by atoms with van der Waals surface area (Å²) in [6, 6.07) is 8.17. The number of primary amides is 1. The summed E-state index contributed by atoms with van der Waals surface area (Å²) in [4.78, 5) is 12.2. The molecule has 0 saturated heterocycles. The van der Waals surface area contributed by atoms with Gasteiger partial charge in [-0.1, -0.05) is 38.8 Å². The Morgan fingerprint density at radius 3 is 2.75 bits per heavy atom. The molecule has 0 bridgehead atoms. The van der Waals surface area contributed by atoms with Crippen molar-refractivity contribution in [3.05, 3.63) is 29.8 Å². The van der Waals surface area contributed by atoms with Crippen LogP contribution >= 0.6 is 0 Å². The van der Waals surface area contributed by atoms with Gasteiger partial charge in [0.15, 0.2) is 0 Å². The number of anilines is 1. The van der Waals surface area contributed by atoms with E-state index < -0.39 is 5.54 Å². The van der Waals surface area contributed by atoms with Crippen molar-refractivity contribution in [1.29, 1.82) is 0 Å². The van der Waals surface area contributed by atoms with Crippen molar-refractivity contribution in [2.45, 2.75) is 52.0 Å². The molecule has 1 saturated carbocycles. The van der Waals surface area contributed by atoms with Crippen LogP contribution in [0.5, 0.6) is 0 Å². The molecular formula is C17H26N2O. The predicted molar refractivity (Wildman–Crippen MR) is 83.5 cm³/mol. The minimum atomic E-state index is -0.597. The van der Waals surface area contributed by atoms with Crippen LogP contribution in [0.25, 0.3) is 0 Å². The van der Waals surface area contributed by atoms with Gasteiger partial charge in [-0.2, -0.15) is 0 Å². The number of hydrogen-bond acceptors (Lipinski definition) is 2. The molecule has 3 N–H and O–H groups in total. The largest absolute Gasteiger partial charge is 0.371 e. The lowest BCUT2D eigenvalue weighted by Gasteiger charge is -2.45. The van der Waals surface area contributed by atoms with Crippen LogP contribution in [-0.4, -0.2) is 11.4 Å². The van der Waals surface area contributed by atoms with E-state index in [2.05, 4.69) is 38.2 Å². The Labute approximate surface area is 121 Å². The standard InChI is InChI=1S/C17H26N2O/c1-12(2)15-9-4-5-10-17(15,16(18)20)19-14-8-6-7-13(3)11-14/h6-8,11-12,15,19H,4-5,9-10H2,1-3H3,(H2,18,20). The number of carbonyl (C=O) groups is 1. The van der Waals surface area contributed by atoms with Gasteiger partial charge in [-0.15, -0.1) is 0 Å². The molecule has 2 rings (SSSR count). The summed E-state index contributed by atoms with van der Waals surface area (Å²) < 4.78 is 0. The SMILES string of the molecule is Cc1cccc(NC2(C(N)=O)CCCCC2C(C)C)c1. The molecule has 0 radical (unpaired) electrons. The molecule has 3 heteroatoms. The average Bonchev–Trinajstić information content (AvgIpc) is 2.38. The van der Waals surface area contributed by atoms with E-state index in [4.69, 9.17) is 5.73 Å². The van der Waals surface area contributed by atoms with Crippen molar-refractivity contribution < 1.29 is 4.79 Å². The van der Waals surface area contributed by atoms with Crippen molar-refractivity contribution in [3.63, 3.8) is 0 Å². The smallest absolute Gasteiger partial charge is 0.243 e. The maximum absolute atomic E-state index is 12.2. The lowest BCUT2D eigenvalue weighted by molar-refractivity contribution is -0.126. The van der Waals surface area contributed by atoms with Gasteiger partial charge in [0, 0.05) is 5.69 Å². The van der Waals surface area contributed by atoms with E-state index in [0.717, 1.165) is 24.9 Å². The first kappa shape index (κ1) is 14.9. The van der Waals surface area contributed by atoms with Crippen molar-refractivity contribution in [2.75, 3.05) is 5.32 Å². The summed E-state index contributed by atoms with van der Waals surface area (Å²) >= 11 is 0. The first-order chi connectivity index (χ1) is 9.45. The Hall–Kier alpha value is -1.51. The summed E-state index contributed by atoms with van der Waals surface area (Å²) in [5.41, 5.74) is 7.40. The molecule has 20 heavy (non-hydrogen) atoms. The summed E-state index contributed by atoms with van der Waals surface area (Å²) in [6.45, 7) is 6.43. The zero-order chi connectivity index (χ0) is 14.8. The highest BCUT2D eigenvalue weighted by Gasteiger charge is 2.46. The summed E-state index contributed by atoms with van der Waals surface area (Å²) in [6.07, 6.45) is 4.15. The van der Waals surface area contributed by atoms with Gasteiger partial charge in [-0.3, -0.25) is 4.79 Å². The van der Waals surface area contributed by atoms with Gasteiger partial charge in [0.05, 0.1) is 0 Å². The zero-order valence-corrected chi connectivity index (χ0v) is 12.8. The highest BCUT2D eigenvalue weighted by molar-refractivity contribution is 5.88. The fourth-order valence-corrected chi connectivity index (χ4v) is 3.61. The van der Waals surface area contributed by atoms with E-state index in [0.29, 0.717) is 11.8 Å². The molecule has 0 aliphatic heterocycles. The fraction of sp³-hybridized carbons (Fsp3) is 0.588. The molecule has 1 aliphatic carbocycles. The molecule has 2 atom stereocenters. The Balaban J connectivity index is 2.35. The van der Waals surface area contributed by atoms with Gasteiger partial charge in [0.25, 0.3) is 0 Å². The number of hydrogen-bond donors (Lipinski definition) is 2. The quantitative estimate of drug-likeness (QED) is 0.883. The van der Waals surface area contributed by atoms with Crippen LogP contribution in [0.4, 0.5) is 5.69 Å². The molecule has 1 aliphatic rings. The highest BCUT2D eigenvalue weighted by Crippen LogP contribution is 2.40. The number of aryl methyl sites for hydroxylation is 1. The number of carbonyl (C=O) groups excluding carboxylic acids is 1. The van der Waals surface area contributed by atoms with E-state index >= 15 is 0 Å². The Morgan fingerprint density at radius 2 is 2.15 bits per heavy atom. The molecule has 1 amide bonds. The van der Waals surface area contributed by atoms with Gasteiger partial charge in [0.1, 0.15) is 5.54 Å². The van der Waals surface area contributed by atoms with Crippen LogP contribution in [0.2, 0.25) is 0 Å². The first-order valence-corrected chi connectivity index (χ1v) is 7.60. The Kier molecular flexibility index (Phi) is 4.36. The van der Waals surface area contributed by atoms with Gasteiger partial charge in [0.2, 0.25) is 5.91 Å². The van der Waals surface area contributed by atoms with Gasteiger partial charge in [-0.05, 0) is 49.3 Å². The van der Waals surface area contributed by atoms with E-state index in [1.165, 1.54) is 12.0 Å². The average molecular weight is 274 g/mol. The second-order valence-electron chi connectivity index (χ2n) is 6.43. The number of nitrogens with one attached hydrogen (secondary N) is 1. The number of amides is 1. The van der Waals surface area contributed by atoms with Crippen molar-refractivity contribution in [2.24, 2.45) is 17.6 Å². The third kappa shape index (κ3) is 2.82. The first-order valence-electron chi connectivity index (χ1n) is 7.60. The maximum atomic E-state index is 12.2. The Bertz CT molecular complexity index is 484. The number of rotatable bonds is 4. The third-order valence-electron chi connectivity index (χ3n) is 4.60. The number of nitrogens with two attached hydrogens (primary N) is 1. The number of benzene rings is 1. The van der Waals surface area contributed by atoms with Crippen molar-refractivity contribution >= 4 is 11.6 Å². The van der Waals surface area contributed by atoms with E-state index in [1.807, 2.05) is 12.1 Å². The van der Waals surface area contributed by atoms with Crippen molar-refractivity contribution in [3.8, 4) is 0 Å². The van der Waals surface area contributed by atoms with E-state index in [-0.39, 0.29) is 5.91 Å². The van der Waals surface area contributed by atoms with Gasteiger partial charge < -0.3 is 11.1 Å². The van der Waals surface area contributed by atoms with Crippen LogP contribution < -0.4 is 11.1 Å². The van der Waals surface area contributed by atoms with Crippen LogP contribution in [0, 0.1) is 18.8 Å². The molecule has 3 nitrogen and oxygen atoms in total. The lowest BCUT2D eigenvalue weighted by Crippen LogP contribution is -2.58. The third-order valence-corrected chi connectivity index (χ3v) is 4.60. The van der Waals surface area contributed by atoms with Crippen LogP contribution in [0.3, 0.4) is 0 Å². The van der Waals surface area contributed by atoms with E-state index in [9.17, 15) is 4.79 Å². The molecule has 1 fully saturated rings. The van der Waals surface area contributed by atoms with Crippen LogP contribution in [0.15, 0.2) is 24.3 Å². The topological polar surface area (TPSA) is 55.1 Å². The Morgan fingerprint density at radius 1 is 1.40 bits per heavy atom. The minimum absolute atomic E-state index is 0.211. The summed E-state index contributed by atoms with van der Waals surface area (Å²) in [7, 11) is 0. The minimum Gasteiger partial charge on any atom is -0.371 e. The molecule has 1 aromatic rings. The molecule has 0 spiro atoms. The molecular weight excluding hydrogens is 248 g/mol. The molecule has 0 heterocycles. The monoisotopic (exact) mass is 274 g/mol. The lowest BCUT2D eigenvalue weighted by atomic mass is 9.67. The molecule has 110 valence electrons. The van der Waals surface area contributed by atoms with Gasteiger partial charge in [-0.25, -0.2) is 0 Å². The normalized spacial score (nSPS) is 26.5. The predicted octanol–water partition coefficient (Wildman–Crippen LogP) is 3.48. The molecule has 1 aromatic carbocycles.